The van der Waals surface area contributed by atoms with E-state index in [1.54, 1.807) is 0 Å². The zero-order chi connectivity index (χ0) is 13.0. The van der Waals surface area contributed by atoms with Gasteiger partial charge >= 0.3 is 0 Å². The van der Waals surface area contributed by atoms with Crippen LogP contribution >= 0.6 is 0 Å². The normalized spacial score (nSPS) is 37.5. The Morgan fingerprint density at radius 1 is 1.26 bits per heavy atom. The number of fused-ring (bicyclic) bond motifs is 1. The van der Waals surface area contributed by atoms with E-state index in [1.165, 1.54) is 56.2 Å². The Labute approximate surface area is 115 Å². The molecule has 1 unspecified atom stereocenters. The van der Waals surface area contributed by atoms with Gasteiger partial charge in [-0.2, -0.15) is 0 Å². The fraction of sp³-hybridized carbons (Fsp3) is 0.647. The third kappa shape index (κ3) is 1.53. The molecule has 1 heterocycles. The number of hydrogen-bond donors (Lipinski definition) is 1. The molecule has 19 heavy (non-hydrogen) atoms. The van der Waals surface area contributed by atoms with Crippen LogP contribution in [0.1, 0.15) is 43.2 Å². The van der Waals surface area contributed by atoms with Gasteiger partial charge in [0.25, 0.3) is 0 Å². The summed E-state index contributed by atoms with van der Waals surface area (Å²) in [6.07, 6.45) is 7.93. The summed E-state index contributed by atoms with van der Waals surface area (Å²) in [6.45, 7) is 1.22. The smallest absolute Gasteiger partial charge is 0.115 e. The monoisotopic (exact) mass is 257 g/mol. The van der Waals surface area contributed by atoms with E-state index < -0.39 is 0 Å². The van der Waals surface area contributed by atoms with Crippen molar-refractivity contribution in [1.29, 1.82) is 0 Å². The minimum absolute atomic E-state index is 0.377. The lowest BCUT2D eigenvalue weighted by atomic mass is 9.52. The van der Waals surface area contributed by atoms with Crippen molar-refractivity contribution in [1.82, 2.24) is 4.90 Å². The van der Waals surface area contributed by atoms with E-state index in [2.05, 4.69) is 24.1 Å². The van der Waals surface area contributed by atoms with Crippen LogP contribution in [0, 0.1) is 5.92 Å². The third-order valence-electron chi connectivity index (χ3n) is 6.10. The second-order valence-electron chi connectivity index (χ2n) is 6.85. The molecule has 0 spiro atoms. The number of nitrogens with zero attached hydrogens (tertiary/aromatic N) is 1. The maximum absolute atomic E-state index is 9.91. The van der Waals surface area contributed by atoms with Gasteiger partial charge in [0.1, 0.15) is 5.75 Å². The quantitative estimate of drug-likeness (QED) is 0.772. The van der Waals surface area contributed by atoms with Crippen LogP contribution in [0.5, 0.6) is 5.75 Å². The van der Waals surface area contributed by atoms with Gasteiger partial charge in [-0.1, -0.05) is 18.9 Å². The van der Waals surface area contributed by atoms with Crippen LogP contribution in [0.15, 0.2) is 18.2 Å². The summed E-state index contributed by atoms with van der Waals surface area (Å²) in [4.78, 5) is 2.59. The minimum atomic E-state index is 0.377. The van der Waals surface area contributed by atoms with Gasteiger partial charge in [0.15, 0.2) is 0 Å². The zero-order valence-corrected chi connectivity index (χ0v) is 11.7. The molecule has 1 saturated carbocycles. The molecule has 0 radical (unpaired) electrons. The second kappa shape index (κ2) is 3.99. The maximum atomic E-state index is 9.91. The third-order valence-corrected chi connectivity index (χ3v) is 6.10. The van der Waals surface area contributed by atoms with Gasteiger partial charge in [-0.05, 0) is 68.5 Å². The van der Waals surface area contributed by atoms with E-state index in [9.17, 15) is 5.11 Å². The highest BCUT2D eigenvalue weighted by Crippen LogP contribution is 2.55. The number of hydrogen-bond acceptors (Lipinski definition) is 2. The summed E-state index contributed by atoms with van der Waals surface area (Å²) in [7, 11) is 2.30. The average molecular weight is 257 g/mol. The van der Waals surface area contributed by atoms with E-state index in [1.807, 2.05) is 6.07 Å². The molecule has 3 aliphatic rings. The molecular formula is C17H23NO. The summed E-state index contributed by atoms with van der Waals surface area (Å²) >= 11 is 0. The molecule has 2 bridgehead atoms. The fourth-order valence-corrected chi connectivity index (χ4v) is 5.18. The SMILES string of the molecule is CN1CC[C@@]23CCCCC2[C@@H]1Cc1ccc(O)cc13. The number of likely N-dealkylation sites (tertiary alicyclic amines) is 1. The van der Waals surface area contributed by atoms with Crippen molar-refractivity contribution in [2.75, 3.05) is 13.6 Å². The molecular weight excluding hydrogens is 234 g/mol. The van der Waals surface area contributed by atoms with Crippen LogP contribution < -0.4 is 0 Å². The van der Waals surface area contributed by atoms with Crippen LogP contribution in [0.3, 0.4) is 0 Å². The minimum Gasteiger partial charge on any atom is -0.508 e. The van der Waals surface area contributed by atoms with Crippen LogP contribution in [0.4, 0.5) is 0 Å². The predicted molar refractivity (Wildman–Crippen MR) is 76.5 cm³/mol. The van der Waals surface area contributed by atoms with Crippen LogP contribution in [0.25, 0.3) is 0 Å². The van der Waals surface area contributed by atoms with E-state index >= 15 is 0 Å². The van der Waals surface area contributed by atoms with Crippen molar-refractivity contribution in [2.24, 2.45) is 5.92 Å². The summed E-state index contributed by atoms with van der Waals surface area (Å²) in [6, 6.07) is 6.85. The van der Waals surface area contributed by atoms with E-state index in [0.29, 0.717) is 11.2 Å². The summed E-state index contributed by atoms with van der Waals surface area (Å²) < 4.78 is 0. The number of likely N-dealkylation sites (N-methyl/N-ethyl adjacent to an activating group) is 1. The molecule has 1 N–H and O–H groups in total. The topological polar surface area (TPSA) is 23.5 Å². The van der Waals surface area contributed by atoms with Gasteiger partial charge in [-0.25, -0.2) is 0 Å². The number of aromatic hydroxyl groups is 1. The van der Waals surface area contributed by atoms with Crippen LogP contribution in [-0.2, 0) is 11.8 Å². The molecule has 2 fully saturated rings. The van der Waals surface area contributed by atoms with Gasteiger partial charge < -0.3 is 10.0 Å². The number of phenolic OH excluding ortho intramolecular Hbond substituents is 1. The number of benzene rings is 1. The van der Waals surface area contributed by atoms with E-state index in [-0.39, 0.29) is 0 Å². The average Bonchev–Trinajstić information content (AvgIpc) is 2.43. The molecule has 1 saturated heterocycles. The van der Waals surface area contributed by atoms with Crippen LogP contribution in [0.2, 0.25) is 0 Å². The Bertz CT molecular complexity index is 512. The predicted octanol–water partition coefficient (Wildman–Crippen LogP) is 3.08. The highest BCUT2D eigenvalue weighted by atomic mass is 16.3. The van der Waals surface area contributed by atoms with Crippen molar-refractivity contribution in [2.45, 2.75) is 50.0 Å². The molecule has 0 amide bonds. The summed E-state index contributed by atoms with van der Waals surface area (Å²) in [5.41, 5.74) is 3.36. The van der Waals surface area contributed by atoms with Gasteiger partial charge in [-0.3, -0.25) is 0 Å². The lowest BCUT2D eigenvalue weighted by Crippen LogP contribution is -2.59. The molecule has 2 heteroatoms. The molecule has 1 aliphatic heterocycles. The van der Waals surface area contributed by atoms with Crippen molar-refractivity contribution in [3.63, 3.8) is 0 Å². The molecule has 102 valence electrons. The first-order valence-corrected chi connectivity index (χ1v) is 7.73. The van der Waals surface area contributed by atoms with Crippen molar-refractivity contribution >= 4 is 0 Å². The van der Waals surface area contributed by atoms with Gasteiger partial charge in [0.2, 0.25) is 0 Å². The molecule has 1 aromatic carbocycles. The molecule has 2 aliphatic carbocycles. The lowest BCUT2D eigenvalue weighted by molar-refractivity contribution is 0.00274. The molecule has 4 rings (SSSR count). The Balaban J connectivity index is 1.90. The first-order valence-electron chi connectivity index (χ1n) is 7.73. The standard InChI is InChI=1S/C17H23NO/c1-18-9-8-17-7-3-2-4-14(17)16(18)10-12-5-6-13(19)11-15(12)17/h5-6,11,14,16,19H,2-4,7-10H2,1H3/t14?,16-,17-/m0/s1. The summed E-state index contributed by atoms with van der Waals surface area (Å²) in [5.74, 6) is 1.27. The summed E-state index contributed by atoms with van der Waals surface area (Å²) in [5, 5.41) is 9.91. The number of rotatable bonds is 0. The number of piperidine rings is 1. The van der Waals surface area contributed by atoms with Crippen molar-refractivity contribution < 1.29 is 5.11 Å². The van der Waals surface area contributed by atoms with Crippen molar-refractivity contribution in [3.05, 3.63) is 29.3 Å². The van der Waals surface area contributed by atoms with E-state index in [4.69, 9.17) is 0 Å². The second-order valence-corrected chi connectivity index (χ2v) is 6.85. The van der Waals surface area contributed by atoms with Gasteiger partial charge in [-0.15, -0.1) is 0 Å². The Morgan fingerprint density at radius 2 is 2.16 bits per heavy atom. The first-order chi connectivity index (χ1) is 9.21. The zero-order valence-electron chi connectivity index (χ0n) is 11.7. The Morgan fingerprint density at radius 3 is 3.05 bits per heavy atom. The molecule has 2 nitrogen and oxygen atoms in total. The fourth-order valence-electron chi connectivity index (χ4n) is 5.18. The van der Waals surface area contributed by atoms with Gasteiger partial charge in [0.05, 0.1) is 0 Å². The Kier molecular flexibility index (Phi) is 2.47. The highest BCUT2D eigenvalue weighted by molar-refractivity contribution is 5.45. The highest BCUT2D eigenvalue weighted by Gasteiger charge is 2.52. The van der Waals surface area contributed by atoms with E-state index in [0.717, 1.165) is 12.0 Å². The van der Waals surface area contributed by atoms with Gasteiger partial charge in [0, 0.05) is 11.5 Å². The van der Waals surface area contributed by atoms with Crippen molar-refractivity contribution in [3.8, 4) is 5.75 Å². The number of phenols is 1. The van der Waals surface area contributed by atoms with Crippen LogP contribution in [-0.4, -0.2) is 29.6 Å². The maximum Gasteiger partial charge on any atom is 0.115 e. The Hall–Kier alpha value is -1.02. The lowest BCUT2D eigenvalue weighted by Gasteiger charge is -2.58. The first kappa shape index (κ1) is 11.8. The molecule has 1 aromatic rings. The molecule has 0 aromatic heterocycles. The molecule has 3 atom stereocenters. The largest absolute Gasteiger partial charge is 0.508 e.